The highest BCUT2D eigenvalue weighted by atomic mass is 35.5. The van der Waals surface area contributed by atoms with E-state index in [1.807, 2.05) is 23.8 Å². The minimum atomic E-state index is -4.65. The first-order valence-electron chi connectivity index (χ1n) is 9.74. The van der Waals surface area contributed by atoms with Crippen molar-refractivity contribution < 1.29 is 18.0 Å². The fraction of sp³-hybridized carbons (Fsp3) is 0.400. The predicted molar refractivity (Wildman–Crippen MR) is 111 cm³/mol. The van der Waals surface area contributed by atoms with Crippen LogP contribution in [0.25, 0.3) is 11.5 Å². The summed E-state index contributed by atoms with van der Waals surface area (Å²) in [7, 11) is 0. The van der Waals surface area contributed by atoms with E-state index in [-0.39, 0.29) is 11.6 Å². The van der Waals surface area contributed by atoms with E-state index in [9.17, 15) is 18.0 Å². The van der Waals surface area contributed by atoms with Crippen molar-refractivity contribution in [3.05, 3.63) is 51.1 Å². The van der Waals surface area contributed by atoms with Gasteiger partial charge in [-0.05, 0) is 25.5 Å². The topological polar surface area (TPSA) is 63.9 Å². The van der Waals surface area contributed by atoms with E-state index in [1.165, 1.54) is 23.5 Å². The van der Waals surface area contributed by atoms with Crippen LogP contribution < -0.4 is 0 Å². The van der Waals surface area contributed by atoms with Gasteiger partial charge < -0.3 is 9.47 Å². The molecule has 1 aromatic carbocycles. The van der Waals surface area contributed by atoms with Crippen LogP contribution in [0.15, 0.2) is 29.1 Å². The molecule has 0 fully saturated rings. The molecular weight excluding hydrogens is 451 g/mol. The Kier molecular flexibility index (Phi) is 5.78. The van der Waals surface area contributed by atoms with E-state index in [1.54, 1.807) is 10.4 Å². The van der Waals surface area contributed by atoms with Gasteiger partial charge in [0.15, 0.2) is 11.6 Å². The number of hydrogen-bond acceptors (Lipinski definition) is 5. The summed E-state index contributed by atoms with van der Waals surface area (Å²) in [5.74, 6) is 0.666. The molecule has 31 heavy (non-hydrogen) atoms. The molecule has 2 aromatic heterocycles. The second kappa shape index (κ2) is 8.23. The lowest BCUT2D eigenvalue weighted by atomic mass is 10.0. The van der Waals surface area contributed by atoms with Crippen molar-refractivity contribution in [3.8, 4) is 11.5 Å². The molecule has 0 aliphatic carbocycles. The normalized spacial score (nSPS) is 18.8. The molecule has 3 aromatic rings. The second-order valence-electron chi connectivity index (χ2n) is 7.40. The number of rotatable bonds is 4. The van der Waals surface area contributed by atoms with Gasteiger partial charge in [0.2, 0.25) is 0 Å². The summed E-state index contributed by atoms with van der Waals surface area (Å²) < 4.78 is 41.9. The van der Waals surface area contributed by atoms with Crippen LogP contribution in [-0.2, 0) is 12.7 Å². The summed E-state index contributed by atoms with van der Waals surface area (Å²) in [6.07, 6.45) is -3.31. The third-order valence-electron chi connectivity index (χ3n) is 5.33. The number of nitrogens with zero attached hydrogens (tertiary/aromatic N) is 5. The van der Waals surface area contributed by atoms with Crippen LogP contribution in [0, 0.1) is 0 Å². The largest absolute Gasteiger partial charge is 0.417 e. The fourth-order valence-corrected chi connectivity index (χ4v) is 4.82. The van der Waals surface area contributed by atoms with Crippen LogP contribution in [0.5, 0.6) is 0 Å². The summed E-state index contributed by atoms with van der Waals surface area (Å²) in [6.45, 7) is 4.23. The smallest absolute Gasteiger partial charge is 0.324 e. The second-order valence-corrected chi connectivity index (χ2v) is 8.49. The maximum Gasteiger partial charge on any atom is 0.417 e. The van der Waals surface area contributed by atoms with Crippen molar-refractivity contribution >= 4 is 28.8 Å². The number of alkyl halides is 3. The molecule has 0 saturated carbocycles. The van der Waals surface area contributed by atoms with Gasteiger partial charge in [-0.25, -0.2) is 4.98 Å². The monoisotopic (exact) mass is 469 g/mol. The summed E-state index contributed by atoms with van der Waals surface area (Å²) in [5.41, 5.74) is 1.22. The van der Waals surface area contributed by atoms with Gasteiger partial charge in [0.1, 0.15) is 5.69 Å². The molecule has 0 N–H and O–H groups in total. The molecule has 164 valence electrons. The summed E-state index contributed by atoms with van der Waals surface area (Å²) in [6, 6.07) is 2.66. The van der Waals surface area contributed by atoms with Crippen molar-refractivity contribution in [2.45, 2.75) is 51.5 Å². The van der Waals surface area contributed by atoms with Crippen molar-refractivity contribution in [1.29, 1.82) is 0 Å². The van der Waals surface area contributed by atoms with E-state index in [0.29, 0.717) is 30.3 Å². The van der Waals surface area contributed by atoms with E-state index in [4.69, 9.17) is 11.6 Å². The van der Waals surface area contributed by atoms with Crippen LogP contribution in [-0.4, -0.2) is 36.6 Å². The molecule has 2 unspecified atom stereocenters. The van der Waals surface area contributed by atoms with Crippen molar-refractivity contribution in [2.75, 3.05) is 0 Å². The Morgan fingerprint density at radius 2 is 2.10 bits per heavy atom. The summed E-state index contributed by atoms with van der Waals surface area (Å²) >= 11 is 7.49. The Labute approximate surface area is 185 Å². The molecule has 4 rings (SSSR count). The first-order chi connectivity index (χ1) is 14.7. The molecule has 0 radical (unpaired) electrons. The van der Waals surface area contributed by atoms with E-state index in [0.717, 1.165) is 12.5 Å². The molecule has 11 heteroatoms. The highest BCUT2D eigenvalue weighted by Crippen LogP contribution is 2.39. The zero-order valence-corrected chi connectivity index (χ0v) is 18.3. The van der Waals surface area contributed by atoms with Gasteiger partial charge in [0.25, 0.3) is 5.91 Å². The minimum absolute atomic E-state index is 0.169. The lowest BCUT2D eigenvalue weighted by Gasteiger charge is -2.41. The van der Waals surface area contributed by atoms with Gasteiger partial charge in [-0.2, -0.15) is 13.2 Å². The molecule has 1 aliphatic rings. The number of fused-ring (bicyclic) bond motifs is 1. The van der Waals surface area contributed by atoms with Crippen molar-refractivity contribution in [1.82, 2.24) is 24.6 Å². The van der Waals surface area contributed by atoms with Crippen molar-refractivity contribution in [2.24, 2.45) is 0 Å². The Morgan fingerprint density at radius 1 is 1.32 bits per heavy atom. The highest BCUT2D eigenvalue weighted by molar-refractivity contribution is 7.07. The Balaban J connectivity index is 1.76. The zero-order valence-electron chi connectivity index (χ0n) is 16.7. The molecule has 0 bridgehead atoms. The molecule has 1 aliphatic heterocycles. The Hall–Kier alpha value is -2.46. The molecule has 1 amide bonds. The Bertz CT molecular complexity index is 1100. The molecule has 0 spiro atoms. The van der Waals surface area contributed by atoms with Gasteiger partial charge in [-0.15, -0.1) is 21.5 Å². The number of hydrogen-bond donors (Lipinski definition) is 0. The average molecular weight is 470 g/mol. The van der Waals surface area contributed by atoms with Crippen LogP contribution in [0.3, 0.4) is 0 Å². The third kappa shape index (κ3) is 3.82. The van der Waals surface area contributed by atoms with Gasteiger partial charge in [0, 0.05) is 18.0 Å². The third-order valence-corrected chi connectivity index (χ3v) is 6.32. The van der Waals surface area contributed by atoms with Gasteiger partial charge in [-0.3, -0.25) is 4.79 Å². The summed E-state index contributed by atoms with van der Waals surface area (Å²) in [5, 5.41) is 9.89. The molecule has 2 atom stereocenters. The van der Waals surface area contributed by atoms with Gasteiger partial charge >= 0.3 is 6.18 Å². The number of halogens is 4. The number of carbonyl (C=O) groups excluding carboxylic acids is 1. The van der Waals surface area contributed by atoms with Crippen LogP contribution >= 0.6 is 22.9 Å². The highest BCUT2D eigenvalue weighted by Gasteiger charge is 2.41. The number of amides is 1. The average Bonchev–Trinajstić information content (AvgIpc) is 3.36. The molecule has 6 nitrogen and oxygen atoms in total. The quantitative estimate of drug-likeness (QED) is 0.509. The fourth-order valence-electron chi connectivity index (χ4n) is 3.98. The first-order valence-corrected chi connectivity index (χ1v) is 11.1. The first kappa shape index (κ1) is 21.8. The van der Waals surface area contributed by atoms with Crippen LogP contribution in [0.1, 0.15) is 54.5 Å². The number of carbonyl (C=O) groups is 1. The van der Waals surface area contributed by atoms with E-state index >= 15 is 0 Å². The number of benzene rings is 1. The maximum absolute atomic E-state index is 13.4. The zero-order chi connectivity index (χ0) is 22.3. The van der Waals surface area contributed by atoms with Gasteiger partial charge in [0.05, 0.1) is 27.7 Å². The van der Waals surface area contributed by atoms with E-state index in [2.05, 4.69) is 15.2 Å². The Morgan fingerprint density at radius 3 is 2.74 bits per heavy atom. The van der Waals surface area contributed by atoms with Crippen molar-refractivity contribution in [3.63, 3.8) is 0 Å². The molecule has 0 saturated heterocycles. The molecular formula is C20H19ClF3N5OS. The minimum Gasteiger partial charge on any atom is -0.324 e. The van der Waals surface area contributed by atoms with Crippen LogP contribution in [0.2, 0.25) is 5.02 Å². The standard InChI is InChI=1S/C20H19ClF3N5OS/c1-3-5-15-18-27-26-17(14-9-31-10-25-14)28(18)8-11(2)29(15)19(30)12-6-4-7-13(16(12)21)20(22,23)24/h4,6-7,9-11,15H,3,5,8H2,1-2H3. The predicted octanol–water partition coefficient (Wildman–Crippen LogP) is 5.46. The lowest BCUT2D eigenvalue weighted by Crippen LogP contribution is -2.48. The SMILES string of the molecule is CCCC1c2nnc(-c3cscn3)n2CC(C)N1C(=O)c1cccc(C(F)(F)F)c1Cl. The lowest BCUT2D eigenvalue weighted by molar-refractivity contribution is -0.137. The van der Waals surface area contributed by atoms with Crippen LogP contribution in [0.4, 0.5) is 13.2 Å². The summed E-state index contributed by atoms with van der Waals surface area (Å²) in [4.78, 5) is 19.3. The van der Waals surface area contributed by atoms with Gasteiger partial charge in [-0.1, -0.05) is 31.0 Å². The maximum atomic E-state index is 13.4. The molecule has 3 heterocycles. The number of thiazole rings is 1. The number of aromatic nitrogens is 4. The van der Waals surface area contributed by atoms with E-state index < -0.39 is 28.7 Å².